The van der Waals surface area contributed by atoms with Crippen LogP contribution < -0.4 is 16.0 Å². The summed E-state index contributed by atoms with van der Waals surface area (Å²) in [6.07, 6.45) is 0.494. The average molecular weight is 369 g/mol. The highest BCUT2D eigenvalue weighted by atomic mass is 16.3. The van der Waals surface area contributed by atoms with Crippen molar-refractivity contribution in [3.05, 3.63) is 65.7 Å². The second-order valence-electron chi connectivity index (χ2n) is 5.93. The second kappa shape index (κ2) is 10.1. The Morgan fingerprint density at radius 2 is 1.63 bits per heavy atom. The molecule has 0 aliphatic carbocycles. The van der Waals surface area contributed by atoms with Crippen LogP contribution in [0.25, 0.3) is 0 Å². The molecule has 0 unspecified atom stereocenters. The van der Waals surface area contributed by atoms with Crippen LogP contribution in [-0.2, 0) is 16.1 Å². The first kappa shape index (κ1) is 20.1. The third-order valence-corrected chi connectivity index (χ3v) is 3.97. The van der Waals surface area contributed by atoms with Gasteiger partial charge in [-0.1, -0.05) is 49.4 Å². The van der Waals surface area contributed by atoms with E-state index in [2.05, 4.69) is 16.0 Å². The summed E-state index contributed by atoms with van der Waals surface area (Å²) in [6.45, 7) is 1.87. The maximum Gasteiger partial charge on any atom is 0.313 e. The number of amides is 3. The SMILES string of the molecule is CC[C@H](CO)NC(=O)C(=O)Nc1ccccc1C(=O)NCc1ccccc1. The number of hydrogen-bond donors (Lipinski definition) is 4. The van der Waals surface area contributed by atoms with Crippen molar-refractivity contribution in [2.24, 2.45) is 0 Å². The zero-order valence-electron chi connectivity index (χ0n) is 15.1. The predicted octanol–water partition coefficient (Wildman–Crippen LogP) is 1.44. The Hall–Kier alpha value is -3.19. The molecule has 0 saturated carbocycles. The molecule has 7 nitrogen and oxygen atoms in total. The molecule has 2 aromatic rings. The summed E-state index contributed by atoms with van der Waals surface area (Å²) < 4.78 is 0. The van der Waals surface area contributed by atoms with Gasteiger partial charge < -0.3 is 21.1 Å². The van der Waals surface area contributed by atoms with Crippen LogP contribution in [0.5, 0.6) is 0 Å². The number of carbonyl (C=O) groups excluding carboxylic acids is 3. The van der Waals surface area contributed by atoms with Crippen LogP contribution in [-0.4, -0.2) is 35.5 Å². The van der Waals surface area contributed by atoms with Gasteiger partial charge in [0.1, 0.15) is 0 Å². The minimum absolute atomic E-state index is 0.236. The molecule has 0 aliphatic heterocycles. The van der Waals surface area contributed by atoms with Crippen LogP contribution in [0.4, 0.5) is 5.69 Å². The van der Waals surface area contributed by atoms with Crippen molar-refractivity contribution in [3.8, 4) is 0 Å². The lowest BCUT2D eigenvalue weighted by atomic mass is 10.1. The lowest BCUT2D eigenvalue weighted by molar-refractivity contribution is -0.136. The third kappa shape index (κ3) is 5.93. The number of carbonyl (C=O) groups is 3. The Balaban J connectivity index is 2.03. The van der Waals surface area contributed by atoms with Crippen LogP contribution in [0.2, 0.25) is 0 Å². The van der Waals surface area contributed by atoms with Gasteiger partial charge in [-0.2, -0.15) is 0 Å². The number of anilines is 1. The Morgan fingerprint density at radius 3 is 2.30 bits per heavy atom. The monoisotopic (exact) mass is 369 g/mol. The Bertz CT molecular complexity index is 789. The molecular formula is C20H23N3O4. The summed E-state index contributed by atoms with van der Waals surface area (Å²) in [4.78, 5) is 36.5. The van der Waals surface area contributed by atoms with Crippen molar-refractivity contribution >= 4 is 23.4 Å². The lowest BCUT2D eigenvalue weighted by Gasteiger charge is -2.15. The van der Waals surface area contributed by atoms with E-state index in [1.54, 1.807) is 31.2 Å². The van der Waals surface area contributed by atoms with Gasteiger partial charge in [-0.3, -0.25) is 14.4 Å². The van der Waals surface area contributed by atoms with E-state index in [1.807, 2.05) is 30.3 Å². The maximum atomic E-state index is 12.5. The summed E-state index contributed by atoms with van der Waals surface area (Å²) >= 11 is 0. The molecule has 27 heavy (non-hydrogen) atoms. The van der Waals surface area contributed by atoms with Gasteiger partial charge in [0.2, 0.25) is 0 Å². The van der Waals surface area contributed by atoms with E-state index in [9.17, 15) is 14.4 Å². The van der Waals surface area contributed by atoms with E-state index in [-0.39, 0.29) is 23.8 Å². The number of para-hydroxylation sites is 1. The van der Waals surface area contributed by atoms with Gasteiger partial charge in [0, 0.05) is 6.54 Å². The van der Waals surface area contributed by atoms with Crippen molar-refractivity contribution in [1.29, 1.82) is 0 Å². The van der Waals surface area contributed by atoms with E-state index in [0.29, 0.717) is 13.0 Å². The highest BCUT2D eigenvalue weighted by Gasteiger charge is 2.19. The molecule has 0 bridgehead atoms. The fourth-order valence-electron chi connectivity index (χ4n) is 2.37. The number of hydrogen-bond acceptors (Lipinski definition) is 4. The van der Waals surface area contributed by atoms with Crippen molar-refractivity contribution in [2.75, 3.05) is 11.9 Å². The molecule has 142 valence electrons. The average Bonchev–Trinajstić information content (AvgIpc) is 2.71. The summed E-state index contributed by atoms with van der Waals surface area (Å²) in [6, 6.07) is 15.4. The van der Waals surface area contributed by atoms with Gasteiger partial charge in [-0.05, 0) is 24.1 Å². The van der Waals surface area contributed by atoms with Crippen LogP contribution in [0.15, 0.2) is 54.6 Å². The van der Waals surface area contributed by atoms with Gasteiger partial charge in [0.25, 0.3) is 5.91 Å². The highest BCUT2D eigenvalue weighted by Crippen LogP contribution is 2.15. The Morgan fingerprint density at radius 1 is 0.963 bits per heavy atom. The summed E-state index contributed by atoms with van der Waals surface area (Å²) in [5.41, 5.74) is 1.44. The molecule has 0 aromatic heterocycles. The van der Waals surface area contributed by atoms with Gasteiger partial charge >= 0.3 is 11.8 Å². The van der Waals surface area contributed by atoms with E-state index in [0.717, 1.165) is 5.56 Å². The third-order valence-electron chi connectivity index (χ3n) is 3.97. The predicted molar refractivity (Wildman–Crippen MR) is 102 cm³/mol. The summed E-state index contributed by atoms with van der Waals surface area (Å²) in [7, 11) is 0. The molecule has 7 heteroatoms. The molecule has 0 fully saturated rings. The van der Waals surface area contributed by atoms with Crippen LogP contribution in [0.1, 0.15) is 29.3 Å². The minimum Gasteiger partial charge on any atom is -0.394 e. The minimum atomic E-state index is -0.898. The number of aliphatic hydroxyl groups is 1. The number of aliphatic hydroxyl groups excluding tert-OH is 1. The lowest BCUT2D eigenvalue weighted by Crippen LogP contribution is -2.43. The molecule has 0 saturated heterocycles. The van der Waals surface area contributed by atoms with Crippen molar-refractivity contribution < 1.29 is 19.5 Å². The summed E-state index contributed by atoms with van der Waals surface area (Å²) in [5.74, 6) is -2.13. The van der Waals surface area contributed by atoms with Crippen LogP contribution in [0, 0.1) is 0 Å². The highest BCUT2D eigenvalue weighted by molar-refractivity contribution is 6.40. The smallest absolute Gasteiger partial charge is 0.313 e. The molecule has 1 atom stereocenters. The number of nitrogens with one attached hydrogen (secondary N) is 3. The zero-order chi connectivity index (χ0) is 19.6. The molecule has 3 amide bonds. The second-order valence-corrected chi connectivity index (χ2v) is 5.93. The molecule has 0 spiro atoms. The zero-order valence-corrected chi connectivity index (χ0v) is 15.1. The Labute approximate surface area is 157 Å². The first-order chi connectivity index (χ1) is 13.0. The van der Waals surface area contributed by atoms with E-state index in [4.69, 9.17) is 5.11 Å². The van der Waals surface area contributed by atoms with Crippen molar-refractivity contribution in [1.82, 2.24) is 10.6 Å². The van der Waals surface area contributed by atoms with Crippen LogP contribution in [0.3, 0.4) is 0 Å². The first-order valence-corrected chi connectivity index (χ1v) is 8.69. The van der Waals surface area contributed by atoms with E-state index in [1.165, 1.54) is 0 Å². The standard InChI is InChI=1S/C20H23N3O4/c1-2-15(13-24)22-19(26)20(27)23-17-11-7-6-10-16(17)18(25)21-12-14-8-4-3-5-9-14/h3-11,15,24H,2,12-13H2,1H3,(H,21,25)(H,22,26)(H,23,27)/t15-/m1/s1. The summed E-state index contributed by atoms with van der Waals surface area (Å²) in [5, 5.41) is 16.8. The van der Waals surface area contributed by atoms with Gasteiger partial charge in [0.15, 0.2) is 0 Å². The topological polar surface area (TPSA) is 108 Å². The van der Waals surface area contributed by atoms with Gasteiger partial charge in [0.05, 0.1) is 23.9 Å². The quantitative estimate of drug-likeness (QED) is 0.554. The molecule has 4 N–H and O–H groups in total. The molecule has 0 aliphatic rings. The van der Waals surface area contributed by atoms with E-state index >= 15 is 0 Å². The Kier molecular flexibility index (Phi) is 7.51. The molecule has 2 rings (SSSR count). The number of rotatable bonds is 7. The van der Waals surface area contributed by atoms with Crippen molar-refractivity contribution in [2.45, 2.75) is 25.9 Å². The molecule has 2 aromatic carbocycles. The molecular weight excluding hydrogens is 346 g/mol. The van der Waals surface area contributed by atoms with Crippen LogP contribution >= 0.6 is 0 Å². The first-order valence-electron chi connectivity index (χ1n) is 8.69. The molecule has 0 heterocycles. The van der Waals surface area contributed by atoms with Crippen molar-refractivity contribution in [3.63, 3.8) is 0 Å². The molecule has 0 radical (unpaired) electrons. The van der Waals surface area contributed by atoms with Gasteiger partial charge in [-0.15, -0.1) is 0 Å². The number of benzene rings is 2. The largest absolute Gasteiger partial charge is 0.394 e. The van der Waals surface area contributed by atoms with E-state index < -0.39 is 17.9 Å². The normalized spacial score (nSPS) is 11.3. The fraction of sp³-hybridized carbons (Fsp3) is 0.250. The maximum absolute atomic E-state index is 12.5. The van der Waals surface area contributed by atoms with Gasteiger partial charge in [-0.25, -0.2) is 0 Å². The fourth-order valence-corrected chi connectivity index (χ4v) is 2.37.